The number of Topliss-reactive ketones (excluding diaryl/α,β-unsaturated/α-hetero) is 1. The third-order valence-corrected chi connectivity index (χ3v) is 4.83. The van der Waals surface area contributed by atoms with Crippen LogP contribution < -0.4 is 0 Å². The number of nitrogens with one attached hydrogen (secondary N) is 1. The first-order valence-electron chi connectivity index (χ1n) is 7.20. The van der Waals surface area contributed by atoms with Gasteiger partial charge in [0.2, 0.25) is 0 Å². The molecular formula is C16H24N2O3. The fourth-order valence-electron chi connectivity index (χ4n) is 3.01. The van der Waals surface area contributed by atoms with Crippen LogP contribution in [0.2, 0.25) is 0 Å². The second kappa shape index (κ2) is 4.70. The normalized spacial score (nSPS) is 24.4. The van der Waals surface area contributed by atoms with Gasteiger partial charge in [-0.3, -0.25) is 9.59 Å². The molecule has 1 aliphatic rings. The number of carbonyl (C=O) groups excluding carboxylic acids is 2. The number of nitrogens with zero attached hydrogens (tertiary/aromatic N) is 1. The molecule has 1 aromatic rings. The molecule has 0 aromatic carbocycles. The van der Waals surface area contributed by atoms with E-state index in [9.17, 15) is 14.7 Å². The molecule has 1 unspecified atom stereocenters. The van der Waals surface area contributed by atoms with E-state index in [1.807, 2.05) is 13.8 Å². The van der Waals surface area contributed by atoms with E-state index in [0.717, 1.165) is 0 Å². The van der Waals surface area contributed by atoms with Gasteiger partial charge in [-0.15, -0.1) is 0 Å². The van der Waals surface area contributed by atoms with E-state index >= 15 is 0 Å². The minimum atomic E-state index is -0.913. The maximum absolute atomic E-state index is 12.8. The second-order valence-corrected chi connectivity index (χ2v) is 7.00. The van der Waals surface area contributed by atoms with Crippen LogP contribution in [0.5, 0.6) is 0 Å². The van der Waals surface area contributed by atoms with Crippen LogP contribution in [0.15, 0.2) is 0 Å². The molecule has 0 radical (unpaired) electrons. The third kappa shape index (κ3) is 2.39. The number of hydrogen-bond donors (Lipinski definition) is 2. The fraction of sp³-hybridized carbons (Fsp3) is 0.625. The number of carbonyl (C=O) groups is 2. The van der Waals surface area contributed by atoms with Crippen LogP contribution in [-0.2, 0) is 0 Å². The molecule has 1 aliphatic heterocycles. The van der Waals surface area contributed by atoms with Crippen LogP contribution in [0.1, 0.15) is 59.8 Å². The summed E-state index contributed by atoms with van der Waals surface area (Å²) in [4.78, 5) is 29.0. The zero-order chi connectivity index (χ0) is 16.2. The highest BCUT2D eigenvalue weighted by molar-refractivity contribution is 6.02. The standard InChI is InChI=1S/C16H24N2O3/c1-9-12(10(2)17-13(9)11(3)19)14(20)18-7-15(4,5)16(6,21)8-18/h17,21H,7-8H2,1-6H3. The molecule has 21 heavy (non-hydrogen) atoms. The van der Waals surface area contributed by atoms with Gasteiger partial charge >= 0.3 is 0 Å². The first kappa shape index (κ1) is 15.8. The number of aliphatic hydroxyl groups is 1. The van der Waals surface area contributed by atoms with Crippen molar-refractivity contribution in [3.05, 3.63) is 22.5 Å². The van der Waals surface area contributed by atoms with Crippen LogP contribution in [0, 0.1) is 19.3 Å². The highest BCUT2D eigenvalue weighted by Gasteiger charge is 2.49. The van der Waals surface area contributed by atoms with Gasteiger partial charge in [0.25, 0.3) is 5.91 Å². The number of hydrogen-bond acceptors (Lipinski definition) is 3. The number of amides is 1. The van der Waals surface area contributed by atoms with Crippen LogP contribution in [0.3, 0.4) is 0 Å². The smallest absolute Gasteiger partial charge is 0.256 e. The van der Waals surface area contributed by atoms with Crippen molar-refractivity contribution < 1.29 is 14.7 Å². The van der Waals surface area contributed by atoms with E-state index in [1.165, 1.54) is 6.92 Å². The van der Waals surface area contributed by atoms with E-state index in [4.69, 9.17) is 0 Å². The maximum atomic E-state index is 12.8. The van der Waals surface area contributed by atoms with Crippen molar-refractivity contribution in [1.82, 2.24) is 9.88 Å². The Hall–Kier alpha value is -1.62. The number of rotatable bonds is 2. The summed E-state index contributed by atoms with van der Waals surface area (Å²) in [5.74, 6) is -0.206. The van der Waals surface area contributed by atoms with Crippen molar-refractivity contribution in [2.75, 3.05) is 13.1 Å². The zero-order valence-corrected chi connectivity index (χ0v) is 13.6. The number of β-amino-alcohol motifs (C(OH)–C–C–N with tert-alkyl or cyclic N) is 1. The van der Waals surface area contributed by atoms with Gasteiger partial charge in [0.1, 0.15) is 0 Å². The van der Waals surface area contributed by atoms with Gasteiger partial charge in [-0.05, 0) is 26.3 Å². The molecule has 1 fully saturated rings. The van der Waals surface area contributed by atoms with Gasteiger partial charge in [-0.2, -0.15) is 0 Å². The molecule has 0 aliphatic carbocycles. The predicted molar refractivity (Wildman–Crippen MR) is 80.6 cm³/mol. The van der Waals surface area contributed by atoms with E-state index in [1.54, 1.807) is 25.7 Å². The van der Waals surface area contributed by atoms with E-state index in [0.29, 0.717) is 35.6 Å². The van der Waals surface area contributed by atoms with Crippen LogP contribution in [0.4, 0.5) is 0 Å². The van der Waals surface area contributed by atoms with Gasteiger partial charge < -0.3 is 15.0 Å². The van der Waals surface area contributed by atoms with Gasteiger partial charge in [0, 0.05) is 24.6 Å². The largest absolute Gasteiger partial charge is 0.388 e. The monoisotopic (exact) mass is 292 g/mol. The van der Waals surface area contributed by atoms with Crippen LogP contribution >= 0.6 is 0 Å². The van der Waals surface area contributed by atoms with Gasteiger partial charge in [0.15, 0.2) is 5.78 Å². The summed E-state index contributed by atoms with van der Waals surface area (Å²) in [7, 11) is 0. The van der Waals surface area contributed by atoms with Crippen molar-refractivity contribution in [3.63, 3.8) is 0 Å². The minimum absolute atomic E-state index is 0.0802. The lowest BCUT2D eigenvalue weighted by atomic mass is 9.79. The molecule has 0 spiro atoms. The highest BCUT2D eigenvalue weighted by Crippen LogP contribution is 2.39. The van der Waals surface area contributed by atoms with Crippen LogP contribution in [0.25, 0.3) is 0 Å². The van der Waals surface area contributed by atoms with E-state index in [-0.39, 0.29) is 17.1 Å². The second-order valence-electron chi connectivity index (χ2n) is 7.00. The molecule has 5 heteroatoms. The Bertz CT molecular complexity index is 595. The Morgan fingerprint density at radius 3 is 2.14 bits per heavy atom. The van der Waals surface area contributed by atoms with E-state index < -0.39 is 5.60 Å². The summed E-state index contributed by atoms with van der Waals surface area (Å²) in [6.45, 7) is 11.5. The Morgan fingerprint density at radius 1 is 1.19 bits per heavy atom. The number of aromatic nitrogens is 1. The quantitative estimate of drug-likeness (QED) is 0.820. The molecule has 0 bridgehead atoms. The molecule has 116 valence electrons. The number of ketones is 1. The van der Waals surface area contributed by atoms with Crippen molar-refractivity contribution >= 4 is 11.7 Å². The summed E-state index contributed by atoms with van der Waals surface area (Å²) in [6, 6.07) is 0. The van der Waals surface area contributed by atoms with Crippen molar-refractivity contribution in [2.45, 2.75) is 47.1 Å². The van der Waals surface area contributed by atoms with Gasteiger partial charge in [-0.1, -0.05) is 13.8 Å². The third-order valence-electron chi connectivity index (χ3n) is 4.83. The SMILES string of the molecule is CC(=O)c1[nH]c(C)c(C(=O)N2CC(C)(C)C(C)(O)C2)c1C. The average molecular weight is 292 g/mol. The highest BCUT2D eigenvalue weighted by atomic mass is 16.3. The topological polar surface area (TPSA) is 73.4 Å². The summed E-state index contributed by atoms with van der Waals surface area (Å²) in [5, 5.41) is 10.5. The first-order chi connectivity index (χ1) is 9.48. The molecule has 0 saturated carbocycles. The molecule has 5 nitrogen and oxygen atoms in total. The fourth-order valence-corrected chi connectivity index (χ4v) is 3.01. The molecule has 1 aromatic heterocycles. The number of H-pyrrole nitrogens is 1. The minimum Gasteiger partial charge on any atom is -0.388 e. The van der Waals surface area contributed by atoms with Crippen LogP contribution in [-0.4, -0.2) is 45.4 Å². The first-order valence-corrected chi connectivity index (χ1v) is 7.20. The van der Waals surface area contributed by atoms with Crippen molar-refractivity contribution in [3.8, 4) is 0 Å². The Morgan fingerprint density at radius 2 is 1.76 bits per heavy atom. The molecule has 1 saturated heterocycles. The lowest BCUT2D eigenvalue weighted by Crippen LogP contribution is -2.40. The summed E-state index contributed by atoms with van der Waals surface area (Å²) < 4.78 is 0. The number of aryl methyl sites for hydroxylation is 1. The molecule has 2 heterocycles. The molecule has 2 N–H and O–H groups in total. The zero-order valence-electron chi connectivity index (χ0n) is 13.6. The van der Waals surface area contributed by atoms with Gasteiger partial charge in [-0.25, -0.2) is 0 Å². The van der Waals surface area contributed by atoms with Crippen molar-refractivity contribution in [1.29, 1.82) is 0 Å². The molecule has 1 amide bonds. The van der Waals surface area contributed by atoms with E-state index in [2.05, 4.69) is 4.98 Å². The molecular weight excluding hydrogens is 268 g/mol. The predicted octanol–water partition coefficient (Wildman–Crippen LogP) is 2.07. The number of likely N-dealkylation sites (tertiary alicyclic amines) is 1. The lowest BCUT2D eigenvalue weighted by molar-refractivity contribution is -0.0108. The van der Waals surface area contributed by atoms with Crippen molar-refractivity contribution in [2.24, 2.45) is 5.41 Å². The Balaban J connectivity index is 2.37. The van der Waals surface area contributed by atoms with Gasteiger partial charge in [0.05, 0.1) is 23.4 Å². The average Bonchev–Trinajstić information content (AvgIpc) is 2.73. The summed E-state index contributed by atoms with van der Waals surface area (Å²) >= 11 is 0. The molecule has 1 atom stereocenters. The Labute approximate surface area is 125 Å². The Kier molecular flexibility index (Phi) is 3.53. The maximum Gasteiger partial charge on any atom is 0.256 e. The molecule has 2 rings (SSSR count). The summed E-state index contributed by atoms with van der Waals surface area (Å²) in [5.41, 5.74) is 1.16. The lowest BCUT2D eigenvalue weighted by Gasteiger charge is -2.30. The number of aromatic amines is 1. The summed E-state index contributed by atoms with van der Waals surface area (Å²) in [6.07, 6.45) is 0.